The number of piperazine rings is 1. The van der Waals surface area contributed by atoms with E-state index in [0.717, 1.165) is 26.1 Å². The van der Waals surface area contributed by atoms with Gasteiger partial charge in [0.25, 0.3) is 0 Å². The van der Waals surface area contributed by atoms with Gasteiger partial charge in [-0.1, -0.05) is 67.6 Å². The molecule has 1 saturated heterocycles. The Labute approximate surface area is 207 Å². The molecule has 0 N–H and O–H groups in total. The highest BCUT2D eigenvalue weighted by molar-refractivity contribution is 6.32. The monoisotopic (exact) mass is 468 g/mol. The van der Waals surface area contributed by atoms with Crippen molar-refractivity contribution in [3.63, 3.8) is 0 Å². The molecule has 0 saturated carbocycles. The molecule has 0 spiro atoms. The zero-order valence-corrected chi connectivity index (χ0v) is 20.5. The molecule has 0 atom stereocenters. The largest absolute Gasteiger partial charge is 0.494 e. The minimum Gasteiger partial charge on any atom is -0.494 e. The summed E-state index contributed by atoms with van der Waals surface area (Å²) in [6, 6.07) is 23.3. The zero-order valence-electron chi connectivity index (χ0n) is 20.5. The van der Waals surface area contributed by atoms with Gasteiger partial charge in [-0.05, 0) is 42.2 Å². The Morgan fingerprint density at radius 1 is 0.771 bits per heavy atom. The van der Waals surface area contributed by atoms with E-state index in [1.54, 1.807) is 12.1 Å². The highest BCUT2D eigenvalue weighted by atomic mass is 16.5. The third kappa shape index (κ3) is 3.99. The van der Waals surface area contributed by atoms with Crippen molar-refractivity contribution in [3.8, 4) is 5.75 Å². The number of benzene rings is 3. The van der Waals surface area contributed by atoms with E-state index in [1.807, 2.05) is 43.3 Å². The predicted octanol–water partition coefficient (Wildman–Crippen LogP) is 4.74. The van der Waals surface area contributed by atoms with Gasteiger partial charge in [-0.25, -0.2) is 0 Å². The minimum absolute atomic E-state index is 0.128. The van der Waals surface area contributed by atoms with Crippen LogP contribution < -0.4 is 4.74 Å². The molecule has 5 nitrogen and oxygen atoms in total. The van der Waals surface area contributed by atoms with Crippen LogP contribution in [0.2, 0.25) is 0 Å². The van der Waals surface area contributed by atoms with Gasteiger partial charge < -0.3 is 4.74 Å². The maximum absolute atomic E-state index is 14.0. The summed E-state index contributed by atoms with van der Waals surface area (Å²) in [5, 5.41) is 0. The first-order chi connectivity index (χ1) is 17.1. The summed E-state index contributed by atoms with van der Waals surface area (Å²) in [5.74, 6) is 0.420. The molecule has 3 aromatic rings. The number of rotatable bonds is 7. The van der Waals surface area contributed by atoms with Crippen LogP contribution in [0.5, 0.6) is 5.75 Å². The number of aryl methyl sites for hydroxylation is 1. The molecule has 1 fully saturated rings. The molecule has 0 unspecified atom stereocenters. The van der Waals surface area contributed by atoms with Crippen molar-refractivity contribution in [2.45, 2.75) is 32.4 Å². The Bertz CT molecular complexity index is 1210. The van der Waals surface area contributed by atoms with Crippen molar-refractivity contribution in [3.05, 3.63) is 101 Å². The molecule has 0 aromatic heterocycles. The summed E-state index contributed by atoms with van der Waals surface area (Å²) in [6.07, 6.45) is 1.01. The lowest BCUT2D eigenvalue weighted by Gasteiger charge is -2.44. The summed E-state index contributed by atoms with van der Waals surface area (Å²) < 4.78 is 5.74. The molecule has 1 aliphatic carbocycles. The molecule has 1 heterocycles. The van der Waals surface area contributed by atoms with Crippen molar-refractivity contribution in [2.24, 2.45) is 0 Å². The number of fused-ring (bicyclic) bond motifs is 1. The van der Waals surface area contributed by atoms with Crippen LogP contribution in [0.1, 0.15) is 51.3 Å². The molecule has 2 aliphatic rings. The first-order valence-corrected chi connectivity index (χ1v) is 12.6. The Balaban J connectivity index is 1.47. The lowest BCUT2D eigenvalue weighted by atomic mass is 9.82. The molecule has 1 aliphatic heterocycles. The Kier molecular flexibility index (Phi) is 6.54. The molecule has 0 bridgehead atoms. The number of hydrogen-bond donors (Lipinski definition) is 0. The number of ether oxygens (including phenoxy) is 1. The van der Waals surface area contributed by atoms with Gasteiger partial charge >= 0.3 is 0 Å². The first kappa shape index (κ1) is 23.5. The fraction of sp³-hybridized carbons (Fsp3) is 0.333. The van der Waals surface area contributed by atoms with Gasteiger partial charge in [-0.15, -0.1) is 0 Å². The highest BCUT2D eigenvalue weighted by Gasteiger charge is 2.58. The van der Waals surface area contributed by atoms with E-state index in [-0.39, 0.29) is 11.6 Å². The zero-order chi connectivity index (χ0) is 24.4. The minimum atomic E-state index is -1.34. The fourth-order valence-electron chi connectivity index (χ4n) is 5.62. The normalized spacial score (nSPS) is 18.0. The Morgan fingerprint density at radius 3 is 2.03 bits per heavy atom. The molecular weight excluding hydrogens is 436 g/mol. The maximum atomic E-state index is 14.0. The van der Waals surface area contributed by atoms with Crippen LogP contribution in [-0.4, -0.2) is 54.2 Å². The van der Waals surface area contributed by atoms with E-state index >= 15 is 0 Å². The molecule has 35 heavy (non-hydrogen) atoms. The van der Waals surface area contributed by atoms with E-state index in [1.165, 1.54) is 11.1 Å². The highest BCUT2D eigenvalue weighted by Crippen LogP contribution is 2.43. The van der Waals surface area contributed by atoms with Crippen molar-refractivity contribution in [1.29, 1.82) is 0 Å². The van der Waals surface area contributed by atoms with E-state index in [2.05, 4.69) is 41.0 Å². The smallest absolute Gasteiger partial charge is 0.196 e. The summed E-state index contributed by atoms with van der Waals surface area (Å²) >= 11 is 0. The second-order valence-corrected chi connectivity index (χ2v) is 9.26. The lowest BCUT2D eigenvalue weighted by molar-refractivity contribution is 0.0278. The van der Waals surface area contributed by atoms with Crippen LogP contribution in [0.25, 0.3) is 0 Å². The fourth-order valence-corrected chi connectivity index (χ4v) is 5.62. The van der Waals surface area contributed by atoms with E-state index in [9.17, 15) is 9.59 Å². The van der Waals surface area contributed by atoms with Crippen molar-refractivity contribution < 1.29 is 14.3 Å². The van der Waals surface area contributed by atoms with Gasteiger partial charge in [0.2, 0.25) is 0 Å². The second-order valence-electron chi connectivity index (χ2n) is 9.26. The molecule has 0 amide bonds. The number of ketones is 2. The number of carbonyl (C=O) groups excluding carboxylic acids is 2. The van der Waals surface area contributed by atoms with Crippen molar-refractivity contribution in [2.75, 3.05) is 32.8 Å². The first-order valence-electron chi connectivity index (χ1n) is 12.6. The third-order valence-electron chi connectivity index (χ3n) is 7.38. The standard InChI is InChI=1S/C30H32N2O3/c1-3-22-10-5-6-11-23(22)21-31-16-18-32(19-17-31)30(24-12-9-13-25(20-24)35-4-2)28(33)26-14-7-8-15-27(26)29(30)34/h5-15,20H,3-4,16-19,21H2,1-2H3. The van der Waals surface area contributed by atoms with Gasteiger partial charge in [0.15, 0.2) is 17.1 Å². The van der Waals surface area contributed by atoms with Gasteiger partial charge in [0.1, 0.15) is 5.75 Å². The second kappa shape index (κ2) is 9.76. The molecule has 5 heteroatoms. The summed E-state index contributed by atoms with van der Waals surface area (Å²) in [7, 11) is 0. The van der Waals surface area contributed by atoms with Crippen LogP contribution in [0.15, 0.2) is 72.8 Å². The lowest BCUT2D eigenvalue weighted by Crippen LogP contribution is -2.60. The van der Waals surface area contributed by atoms with Crippen LogP contribution in [-0.2, 0) is 18.5 Å². The quantitative estimate of drug-likeness (QED) is 0.469. The Morgan fingerprint density at radius 2 is 1.40 bits per heavy atom. The number of nitrogens with zero attached hydrogens (tertiary/aromatic N) is 2. The van der Waals surface area contributed by atoms with E-state index in [0.29, 0.717) is 42.1 Å². The Hall–Kier alpha value is -3.28. The third-order valence-corrected chi connectivity index (χ3v) is 7.38. The molecule has 3 aromatic carbocycles. The van der Waals surface area contributed by atoms with E-state index in [4.69, 9.17) is 4.74 Å². The number of carbonyl (C=O) groups is 2. The van der Waals surface area contributed by atoms with E-state index < -0.39 is 5.54 Å². The average Bonchev–Trinajstić information content (AvgIpc) is 3.13. The van der Waals surface area contributed by atoms with Gasteiger partial charge in [-0.2, -0.15) is 0 Å². The number of Topliss-reactive ketones (excluding diaryl/α,β-unsaturated/α-hetero) is 2. The van der Waals surface area contributed by atoms with Gasteiger partial charge in [0.05, 0.1) is 6.61 Å². The number of hydrogen-bond acceptors (Lipinski definition) is 5. The summed E-state index contributed by atoms with van der Waals surface area (Å²) in [5.41, 5.74) is 3.10. The topological polar surface area (TPSA) is 49.9 Å². The average molecular weight is 469 g/mol. The predicted molar refractivity (Wildman–Crippen MR) is 137 cm³/mol. The summed E-state index contributed by atoms with van der Waals surface area (Å²) in [4.78, 5) is 32.6. The van der Waals surface area contributed by atoms with Crippen LogP contribution >= 0.6 is 0 Å². The van der Waals surface area contributed by atoms with Crippen molar-refractivity contribution >= 4 is 11.6 Å². The SMILES string of the molecule is CCOc1cccc(C2(N3CCN(Cc4ccccc4CC)CC3)C(=O)c3ccccc3C2=O)c1. The van der Waals surface area contributed by atoms with Crippen LogP contribution in [0, 0.1) is 0 Å². The maximum Gasteiger partial charge on any atom is 0.196 e. The van der Waals surface area contributed by atoms with Crippen molar-refractivity contribution in [1.82, 2.24) is 9.80 Å². The van der Waals surface area contributed by atoms with Crippen LogP contribution in [0.3, 0.4) is 0 Å². The van der Waals surface area contributed by atoms with Gasteiger partial charge in [0, 0.05) is 43.9 Å². The van der Waals surface area contributed by atoms with Gasteiger partial charge in [-0.3, -0.25) is 19.4 Å². The molecule has 180 valence electrons. The van der Waals surface area contributed by atoms with Crippen LogP contribution in [0.4, 0.5) is 0 Å². The molecule has 0 radical (unpaired) electrons. The molecule has 5 rings (SSSR count). The molecular formula is C30H32N2O3. The summed E-state index contributed by atoms with van der Waals surface area (Å²) in [6.45, 7) is 8.39.